The fraction of sp³-hybridized carbons (Fsp3) is 0.0476. The Hall–Kier alpha value is -4.05. The summed E-state index contributed by atoms with van der Waals surface area (Å²) >= 11 is 0. The number of aromatic nitrogens is 4. The highest BCUT2D eigenvalue weighted by Crippen LogP contribution is 2.16. The van der Waals surface area contributed by atoms with Gasteiger partial charge in [-0.1, -0.05) is 6.07 Å². The van der Waals surface area contributed by atoms with Crippen LogP contribution in [-0.4, -0.2) is 34.1 Å². The third-order valence-corrected chi connectivity index (χ3v) is 5.76. The van der Waals surface area contributed by atoms with Gasteiger partial charge in [0.1, 0.15) is 0 Å². The SMILES string of the molecule is O=C(NCc1ccc(-n2cccn2)nc1)c1ccc(S(=O)(=O)Nc2ccncc2)cc1. The van der Waals surface area contributed by atoms with Gasteiger partial charge in [-0.15, -0.1) is 0 Å². The Balaban J connectivity index is 1.37. The second-order valence-corrected chi connectivity index (χ2v) is 8.21. The third-order valence-electron chi connectivity index (χ3n) is 4.36. The van der Waals surface area contributed by atoms with E-state index < -0.39 is 10.0 Å². The molecule has 3 heterocycles. The number of nitrogens with one attached hydrogen (secondary N) is 2. The molecular weight excluding hydrogens is 416 g/mol. The molecule has 0 unspecified atom stereocenters. The molecule has 0 aliphatic rings. The van der Waals surface area contributed by atoms with Crippen LogP contribution in [0.4, 0.5) is 5.69 Å². The predicted molar refractivity (Wildman–Crippen MR) is 114 cm³/mol. The van der Waals surface area contributed by atoms with E-state index in [1.54, 1.807) is 35.4 Å². The Labute approximate surface area is 178 Å². The number of nitrogens with zero attached hydrogens (tertiary/aromatic N) is 4. The van der Waals surface area contributed by atoms with Gasteiger partial charge in [0, 0.05) is 43.1 Å². The highest BCUT2D eigenvalue weighted by Gasteiger charge is 2.15. The summed E-state index contributed by atoms with van der Waals surface area (Å²) in [6.45, 7) is 0.287. The van der Waals surface area contributed by atoms with Gasteiger partial charge in [0.15, 0.2) is 5.82 Å². The summed E-state index contributed by atoms with van der Waals surface area (Å²) in [5.41, 5.74) is 1.58. The average molecular weight is 434 g/mol. The first-order chi connectivity index (χ1) is 15.0. The number of pyridine rings is 2. The van der Waals surface area contributed by atoms with Crippen LogP contribution < -0.4 is 10.0 Å². The number of carbonyl (C=O) groups is 1. The molecule has 1 aromatic carbocycles. The second-order valence-electron chi connectivity index (χ2n) is 6.52. The maximum absolute atomic E-state index is 12.5. The standard InChI is InChI=1S/C21H18N6O3S/c28-21(24-15-16-2-7-20(23-14-16)27-13-1-10-25-27)17-3-5-19(6-4-17)31(29,30)26-18-8-11-22-12-9-18/h1-14H,15H2,(H,22,26)(H,24,28). The monoisotopic (exact) mass is 434 g/mol. The fourth-order valence-electron chi connectivity index (χ4n) is 2.77. The van der Waals surface area contributed by atoms with E-state index in [2.05, 4.69) is 25.1 Å². The molecule has 4 aromatic rings. The van der Waals surface area contributed by atoms with Crippen LogP contribution in [0.1, 0.15) is 15.9 Å². The maximum Gasteiger partial charge on any atom is 0.261 e. The van der Waals surface area contributed by atoms with Gasteiger partial charge in [0.25, 0.3) is 15.9 Å². The quantitative estimate of drug-likeness (QED) is 0.461. The first kappa shape index (κ1) is 20.2. The molecule has 31 heavy (non-hydrogen) atoms. The summed E-state index contributed by atoms with van der Waals surface area (Å²) in [6, 6.07) is 14.3. The molecule has 10 heteroatoms. The van der Waals surface area contributed by atoms with Crippen LogP contribution in [0.25, 0.3) is 5.82 Å². The van der Waals surface area contributed by atoms with Crippen molar-refractivity contribution >= 4 is 21.6 Å². The van der Waals surface area contributed by atoms with Gasteiger partial charge in [-0.2, -0.15) is 5.10 Å². The number of sulfonamides is 1. The number of hydrogen-bond acceptors (Lipinski definition) is 6. The van der Waals surface area contributed by atoms with E-state index in [-0.39, 0.29) is 17.3 Å². The van der Waals surface area contributed by atoms with Gasteiger partial charge in [-0.25, -0.2) is 18.1 Å². The summed E-state index contributed by atoms with van der Waals surface area (Å²) in [6.07, 6.45) is 8.11. The van der Waals surface area contributed by atoms with Crippen LogP contribution >= 0.6 is 0 Å². The molecule has 4 rings (SSSR count). The van der Waals surface area contributed by atoms with Crippen LogP contribution in [0.5, 0.6) is 0 Å². The summed E-state index contributed by atoms with van der Waals surface area (Å²) in [5, 5.41) is 6.91. The zero-order chi connectivity index (χ0) is 21.7. The predicted octanol–water partition coefficient (Wildman–Crippen LogP) is 2.39. The van der Waals surface area contributed by atoms with E-state index in [4.69, 9.17) is 0 Å². The van der Waals surface area contributed by atoms with Crippen molar-refractivity contribution in [3.8, 4) is 5.82 Å². The van der Waals surface area contributed by atoms with Crippen molar-refractivity contribution in [1.82, 2.24) is 25.1 Å². The number of amides is 1. The molecule has 0 saturated heterocycles. The van der Waals surface area contributed by atoms with Gasteiger partial charge in [-0.05, 0) is 54.1 Å². The van der Waals surface area contributed by atoms with Crippen LogP contribution in [0.2, 0.25) is 0 Å². The van der Waals surface area contributed by atoms with Crippen LogP contribution in [0.3, 0.4) is 0 Å². The normalized spacial score (nSPS) is 11.1. The molecule has 0 spiro atoms. The van der Waals surface area contributed by atoms with Crippen molar-refractivity contribution in [3.63, 3.8) is 0 Å². The Kier molecular flexibility index (Phi) is 5.72. The Morgan fingerprint density at radius 2 is 1.74 bits per heavy atom. The summed E-state index contributed by atoms with van der Waals surface area (Å²) in [4.78, 5) is 20.6. The van der Waals surface area contributed by atoms with Crippen molar-refractivity contribution in [2.24, 2.45) is 0 Å². The van der Waals surface area contributed by atoms with Gasteiger partial charge in [-0.3, -0.25) is 14.5 Å². The number of rotatable bonds is 7. The Morgan fingerprint density at radius 1 is 0.968 bits per heavy atom. The minimum Gasteiger partial charge on any atom is -0.348 e. The summed E-state index contributed by atoms with van der Waals surface area (Å²) in [7, 11) is -3.76. The first-order valence-corrected chi connectivity index (χ1v) is 10.8. The lowest BCUT2D eigenvalue weighted by molar-refractivity contribution is 0.0951. The van der Waals surface area contributed by atoms with Gasteiger partial charge in [0.2, 0.25) is 0 Å². The molecule has 0 bridgehead atoms. The minimum atomic E-state index is -3.76. The van der Waals surface area contributed by atoms with E-state index in [1.807, 2.05) is 18.2 Å². The summed E-state index contributed by atoms with van der Waals surface area (Å²) < 4.78 is 29.0. The van der Waals surface area contributed by atoms with E-state index in [9.17, 15) is 13.2 Å². The van der Waals surface area contributed by atoms with Gasteiger partial charge >= 0.3 is 0 Å². The first-order valence-electron chi connectivity index (χ1n) is 9.27. The lowest BCUT2D eigenvalue weighted by Crippen LogP contribution is -2.23. The highest BCUT2D eigenvalue weighted by molar-refractivity contribution is 7.92. The van der Waals surface area contributed by atoms with Gasteiger partial charge < -0.3 is 5.32 Å². The summed E-state index contributed by atoms with van der Waals surface area (Å²) in [5.74, 6) is 0.361. The molecule has 156 valence electrons. The molecule has 0 aliphatic carbocycles. The molecule has 9 nitrogen and oxygen atoms in total. The van der Waals surface area contributed by atoms with Crippen LogP contribution in [0.15, 0.2) is 90.5 Å². The van der Waals surface area contributed by atoms with Gasteiger partial charge in [0.05, 0.1) is 10.6 Å². The lowest BCUT2D eigenvalue weighted by atomic mass is 10.2. The second kappa shape index (κ2) is 8.76. The average Bonchev–Trinajstić information content (AvgIpc) is 3.33. The number of anilines is 1. The Morgan fingerprint density at radius 3 is 2.39 bits per heavy atom. The van der Waals surface area contributed by atoms with Crippen molar-refractivity contribution in [3.05, 3.63) is 96.7 Å². The van der Waals surface area contributed by atoms with Crippen molar-refractivity contribution in [1.29, 1.82) is 0 Å². The molecule has 0 radical (unpaired) electrons. The minimum absolute atomic E-state index is 0.0549. The molecule has 0 saturated carbocycles. The third kappa shape index (κ3) is 4.93. The van der Waals surface area contributed by atoms with E-state index in [0.717, 1.165) is 5.56 Å². The molecule has 1 amide bonds. The Bertz CT molecular complexity index is 1260. The molecule has 2 N–H and O–H groups in total. The zero-order valence-corrected chi connectivity index (χ0v) is 17.0. The smallest absolute Gasteiger partial charge is 0.261 e. The van der Waals surface area contributed by atoms with Crippen LogP contribution in [-0.2, 0) is 16.6 Å². The fourth-order valence-corrected chi connectivity index (χ4v) is 3.82. The highest BCUT2D eigenvalue weighted by atomic mass is 32.2. The topological polar surface area (TPSA) is 119 Å². The van der Waals surface area contributed by atoms with Crippen molar-refractivity contribution in [2.75, 3.05) is 4.72 Å². The van der Waals surface area contributed by atoms with E-state index >= 15 is 0 Å². The zero-order valence-electron chi connectivity index (χ0n) is 16.2. The molecular formula is C21H18N6O3S. The number of carbonyl (C=O) groups excluding carboxylic acids is 1. The maximum atomic E-state index is 12.5. The van der Waals surface area contributed by atoms with Crippen LogP contribution in [0, 0.1) is 0 Å². The largest absolute Gasteiger partial charge is 0.348 e. The molecule has 0 atom stereocenters. The number of benzene rings is 1. The molecule has 3 aromatic heterocycles. The van der Waals surface area contributed by atoms with E-state index in [1.165, 1.54) is 36.7 Å². The molecule has 0 aliphatic heterocycles. The lowest BCUT2D eigenvalue weighted by Gasteiger charge is -2.09. The number of hydrogen-bond donors (Lipinski definition) is 2. The van der Waals surface area contributed by atoms with E-state index in [0.29, 0.717) is 17.1 Å². The van der Waals surface area contributed by atoms with Crippen molar-refractivity contribution in [2.45, 2.75) is 11.4 Å². The molecule has 0 fully saturated rings. The van der Waals surface area contributed by atoms with Crippen molar-refractivity contribution < 1.29 is 13.2 Å².